The molecule has 0 saturated carbocycles. The molecule has 2 heterocycles. The van der Waals surface area contributed by atoms with Crippen molar-refractivity contribution < 1.29 is 33.3 Å². The molecule has 0 fully saturated rings. The summed E-state index contributed by atoms with van der Waals surface area (Å²) >= 11 is 0. The summed E-state index contributed by atoms with van der Waals surface area (Å²) in [6.07, 6.45) is 13.1. The molecule has 5 rings (SSSR count). The van der Waals surface area contributed by atoms with Crippen LogP contribution in [0.5, 0.6) is 5.75 Å². The predicted molar refractivity (Wildman–Crippen MR) is 137 cm³/mol. The third kappa shape index (κ3) is 5.49. The molecule has 1 aliphatic carbocycles. The Bertz CT molecular complexity index is 1340. The van der Waals surface area contributed by atoms with Crippen molar-refractivity contribution in [2.45, 2.75) is 31.7 Å². The highest BCUT2D eigenvalue weighted by molar-refractivity contribution is 5.83. The lowest BCUT2D eigenvalue weighted by molar-refractivity contribution is -0.140. The smallest absolute Gasteiger partial charge is 0.341 e. The van der Waals surface area contributed by atoms with Gasteiger partial charge in [-0.1, -0.05) is 48.1 Å². The topological polar surface area (TPSA) is 85.3 Å². The number of rotatable bonds is 8. The fourth-order valence-corrected chi connectivity index (χ4v) is 5.17. The molecule has 2 aliphatic heterocycles. The predicted octanol–water partition coefficient (Wildman–Crippen LogP) is 5.41. The summed E-state index contributed by atoms with van der Waals surface area (Å²) in [5, 5.41) is 9.19. The van der Waals surface area contributed by atoms with Crippen LogP contribution in [0.15, 0.2) is 90.8 Å². The van der Waals surface area contributed by atoms with E-state index in [9.17, 15) is 19.1 Å². The van der Waals surface area contributed by atoms with Gasteiger partial charge in [0.2, 0.25) is 5.91 Å². The zero-order valence-corrected chi connectivity index (χ0v) is 20.7. The fraction of sp³-hybridized carbons (Fsp3) is 0.267. The third-order valence-corrected chi connectivity index (χ3v) is 6.91. The monoisotopic (exact) mass is 517 g/mol. The minimum absolute atomic E-state index is 0.196. The zero-order valence-electron chi connectivity index (χ0n) is 20.7. The van der Waals surface area contributed by atoms with Crippen molar-refractivity contribution in [2.24, 2.45) is 5.92 Å². The number of hydrogen-bond donors (Lipinski definition) is 1. The largest absolute Gasteiger partial charge is 0.482 e. The van der Waals surface area contributed by atoms with Gasteiger partial charge in [0.25, 0.3) is 0 Å². The van der Waals surface area contributed by atoms with Crippen LogP contribution in [0.4, 0.5) is 4.39 Å². The van der Waals surface area contributed by atoms with Crippen molar-refractivity contribution in [3.05, 3.63) is 113 Å². The SMILES string of the molecule is O=C(O)COc1ccc(F)cc1C1c2ccccc2CCN1C(=O)C(CC1=CC=CCC1)C1=COC=CO1. The number of nitrogens with zero attached hydrogens (tertiary/aromatic N) is 1. The molecule has 2 unspecified atom stereocenters. The Morgan fingerprint density at radius 2 is 2.00 bits per heavy atom. The summed E-state index contributed by atoms with van der Waals surface area (Å²) in [6, 6.07) is 11.0. The molecule has 0 bridgehead atoms. The van der Waals surface area contributed by atoms with E-state index in [1.165, 1.54) is 37.0 Å². The highest BCUT2D eigenvalue weighted by atomic mass is 19.1. The molecule has 1 amide bonds. The average molecular weight is 518 g/mol. The average Bonchev–Trinajstić information content (AvgIpc) is 2.95. The van der Waals surface area contributed by atoms with Crippen LogP contribution < -0.4 is 4.74 Å². The first-order valence-corrected chi connectivity index (χ1v) is 12.6. The number of amides is 1. The van der Waals surface area contributed by atoms with Gasteiger partial charge in [0.15, 0.2) is 12.4 Å². The number of benzene rings is 2. The van der Waals surface area contributed by atoms with Gasteiger partial charge in [0.1, 0.15) is 36.3 Å². The fourth-order valence-electron chi connectivity index (χ4n) is 5.17. The van der Waals surface area contributed by atoms with Crippen molar-refractivity contribution in [2.75, 3.05) is 13.2 Å². The lowest BCUT2D eigenvalue weighted by Crippen LogP contribution is -2.44. The lowest BCUT2D eigenvalue weighted by Gasteiger charge is -2.40. The molecular weight excluding hydrogens is 489 g/mol. The van der Waals surface area contributed by atoms with Gasteiger partial charge < -0.3 is 24.2 Å². The molecule has 196 valence electrons. The number of allylic oxidation sites excluding steroid dienone is 4. The van der Waals surface area contributed by atoms with Gasteiger partial charge in [-0.3, -0.25) is 4.79 Å². The van der Waals surface area contributed by atoms with Gasteiger partial charge in [0.05, 0.1) is 6.04 Å². The third-order valence-electron chi connectivity index (χ3n) is 6.91. The Hall–Kier alpha value is -4.33. The maximum Gasteiger partial charge on any atom is 0.341 e. The second-order valence-electron chi connectivity index (χ2n) is 9.34. The first-order chi connectivity index (χ1) is 18.5. The number of fused-ring (bicyclic) bond motifs is 1. The summed E-state index contributed by atoms with van der Waals surface area (Å²) in [5.74, 6) is -1.91. The quantitative estimate of drug-likeness (QED) is 0.504. The highest BCUT2D eigenvalue weighted by Gasteiger charge is 2.39. The highest BCUT2D eigenvalue weighted by Crippen LogP contribution is 2.42. The molecule has 7 nitrogen and oxygen atoms in total. The van der Waals surface area contributed by atoms with Crippen LogP contribution in [-0.4, -0.2) is 35.0 Å². The van der Waals surface area contributed by atoms with Crippen LogP contribution in [0.1, 0.15) is 42.0 Å². The van der Waals surface area contributed by atoms with Crippen LogP contribution in [0.2, 0.25) is 0 Å². The van der Waals surface area contributed by atoms with E-state index in [1.807, 2.05) is 36.4 Å². The van der Waals surface area contributed by atoms with E-state index < -0.39 is 30.4 Å². The van der Waals surface area contributed by atoms with Crippen molar-refractivity contribution >= 4 is 11.9 Å². The number of hydrogen-bond acceptors (Lipinski definition) is 5. The zero-order chi connectivity index (χ0) is 26.5. The number of aliphatic carboxylic acids is 1. The first-order valence-electron chi connectivity index (χ1n) is 12.6. The van der Waals surface area contributed by atoms with E-state index in [4.69, 9.17) is 14.2 Å². The minimum Gasteiger partial charge on any atom is -0.482 e. The maximum absolute atomic E-state index is 14.6. The minimum atomic E-state index is -1.15. The molecule has 0 radical (unpaired) electrons. The number of carboxylic acids is 1. The van der Waals surface area contributed by atoms with E-state index in [-0.39, 0.29) is 11.7 Å². The number of carboxylic acid groups (broad SMARTS) is 1. The summed E-state index contributed by atoms with van der Waals surface area (Å²) in [5.41, 5.74) is 3.38. The number of ether oxygens (including phenoxy) is 3. The molecule has 0 aromatic heterocycles. The Morgan fingerprint density at radius 1 is 1.13 bits per heavy atom. The standard InChI is InChI=1S/C30H28FNO6/c31-22-10-11-26(38-19-28(33)34)24(17-22)29-23-9-5-4-8-21(23)12-13-32(29)30(35)25(27-18-36-14-15-37-27)16-20-6-2-1-3-7-20/h1-2,4-6,8-11,14-15,17-18,25,29H,3,7,12-13,16,19H2,(H,33,34). The summed E-state index contributed by atoms with van der Waals surface area (Å²) in [6.45, 7) is -0.204. The van der Waals surface area contributed by atoms with E-state index in [1.54, 1.807) is 4.90 Å². The van der Waals surface area contributed by atoms with Gasteiger partial charge >= 0.3 is 5.97 Å². The van der Waals surface area contributed by atoms with Crippen molar-refractivity contribution in [1.29, 1.82) is 0 Å². The Balaban J connectivity index is 1.57. The van der Waals surface area contributed by atoms with Crippen molar-refractivity contribution in [3.8, 4) is 5.75 Å². The summed E-state index contributed by atoms with van der Waals surface area (Å²) in [7, 11) is 0. The van der Waals surface area contributed by atoms with E-state index in [0.717, 1.165) is 29.5 Å². The van der Waals surface area contributed by atoms with Crippen LogP contribution in [0, 0.1) is 11.7 Å². The molecule has 38 heavy (non-hydrogen) atoms. The van der Waals surface area contributed by atoms with E-state index >= 15 is 0 Å². The second kappa shape index (κ2) is 11.4. The molecule has 2 aromatic carbocycles. The Kier molecular flexibility index (Phi) is 7.58. The van der Waals surface area contributed by atoms with Gasteiger partial charge in [-0.05, 0) is 55.0 Å². The number of carbonyl (C=O) groups is 2. The molecule has 1 N–H and O–H groups in total. The molecule has 2 aromatic rings. The van der Waals surface area contributed by atoms with Gasteiger partial charge in [-0.25, -0.2) is 9.18 Å². The maximum atomic E-state index is 14.6. The Morgan fingerprint density at radius 3 is 2.76 bits per heavy atom. The van der Waals surface area contributed by atoms with Crippen LogP contribution >= 0.6 is 0 Å². The number of carbonyl (C=O) groups excluding carboxylic acids is 1. The van der Waals surface area contributed by atoms with Crippen molar-refractivity contribution in [3.63, 3.8) is 0 Å². The van der Waals surface area contributed by atoms with Crippen LogP contribution in [0.25, 0.3) is 0 Å². The molecule has 0 saturated heterocycles. The first kappa shape index (κ1) is 25.3. The lowest BCUT2D eigenvalue weighted by atomic mass is 9.85. The van der Waals surface area contributed by atoms with Crippen LogP contribution in [0.3, 0.4) is 0 Å². The molecule has 0 spiro atoms. The summed E-state index contributed by atoms with van der Waals surface area (Å²) < 4.78 is 31.3. The van der Waals surface area contributed by atoms with E-state index in [2.05, 4.69) is 6.08 Å². The number of halogens is 1. The van der Waals surface area contributed by atoms with Gasteiger partial charge in [-0.15, -0.1) is 0 Å². The van der Waals surface area contributed by atoms with Crippen LogP contribution in [-0.2, 0) is 25.5 Å². The molecule has 2 atom stereocenters. The molecular formula is C30H28FNO6. The van der Waals surface area contributed by atoms with Gasteiger partial charge in [0, 0.05) is 12.1 Å². The van der Waals surface area contributed by atoms with E-state index in [0.29, 0.717) is 30.7 Å². The normalized spacial score (nSPS) is 18.9. The molecule has 3 aliphatic rings. The summed E-state index contributed by atoms with van der Waals surface area (Å²) in [4.78, 5) is 27.3. The van der Waals surface area contributed by atoms with Gasteiger partial charge in [-0.2, -0.15) is 0 Å². The Labute approximate surface area is 220 Å². The van der Waals surface area contributed by atoms with Crippen molar-refractivity contribution in [1.82, 2.24) is 4.90 Å². The second-order valence-corrected chi connectivity index (χ2v) is 9.34. The molecule has 8 heteroatoms.